The zero-order chi connectivity index (χ0) is 13.1. The van der Waals surface area contributed by atoms with Gasteiger partial charge in [-0.3, -0.25) is 4.79 Å². The summed E-state index contributed by atoms with van der Waals surface area (Å²) in [6, 6.07) is 8.15. The summed E-state index contributed by atoms with van der Waals surface area (Å²) in [5.74, 6) is 0.706. The van der Waals surface area contributed by atoms with Crippen LogP contribution in [0, 0.1) is 5.92 Å². The molecule has 1 fully saturated rings. The minimum absolute atomic E-state index is 0.235. The van der Waals surface area contributed by atoms with Crippen LogP contribution in [0.1, 0.15) is 36.5 Å². The summed E-state index contributed by atoms with van der Waals surface area (Å²) in [5.41, 5.74) is 2.34. The Balaban J connectivity index is 1.70. The monoisotopic (exact) mass is 260 g/mol. The summed E-state index contributed by atoms with van der Waals surface area (Å²) < 4.78 is 11.1. The van der Waals surface area contributed by atoms with E-state index in [0.717, 1.165) is 38.0 Å². The Morgan fingerprint density at radius 2 is 1.95 bits per heavy atom. The van der Waals surface area contributed by atoms with E-state index < -0.39 is 0 Å². The highest BCUT2D eigenvalue weighted by Crippen LogP contribution is 2.31. The van der Waals surface area contributed by atoms with Crippen LogP contribution in [0.2, 0.25) is 0 Å². The Bertz CT molecular complexity index is 449. The van der Waals surface area contributed by atoms with Crippen molar-refractivity contribution in [3.63, 3.8) is 0 Å². The van der Waals surface area contributed by atoms with Crippen LogP contribution >= 0.6 is 0 Å². The molecule has 0 saturated carbocycles. The Labute approximate surface area is 113 Å². The quantitative estimate of drug-likeness (QED) is 0.838. The van der Waals surface area contributed by atoms with Crippen LogP contribution in [-0.2, 0) is 20.7 Å². The Morgan fingerprint density at radius 1 is 1.16 bits per heavy atom. The summed E-state index contributed by atoms with van der Waals surface area (Å²) in [6.07, 6.45) is 3.20. The molecule has 2 aliphatic heterocycles. The topological polar surface area (TPSA) is 35.5 Å². The van der Waals surface area contributed by atoms with E-state index in [2.05, 4.69) is 6.07 Å². The van der Waals surface area contributed by atoms with E-state index in [9.17, 15) is 4.79 Å². The molecule has 19 heavy (non-hydrogen) atoms. The zero-order valence-electron chi connectivity index (χ0n) is 11.1. The number of carbonyl (C=O) groups excluding carboxylic acids is 1. The van der Waals surface area contributed by atoms with Gasteiger partial charge in [-0.1, -0.05) is 24.3 Å². The first-order chi connectivity index (χ1) is 9.34. The van der Waals surface area contributed by atoms with Crippen molar-refractivity contribution < 1.29 is 14.3 Å². The molecule has 0 spiro atoms. The lowest BCUT2D eigenvalue weighted by atomic mass is 9.88. The number of fused-ring (bicyclic) bond motifs is 1. The van der Waals surface area contributed by atoms with Crippen molar-refractivity contribution >= 4 is 5.78 Å². The summed E-state index contributed by atoms with van der Waals surface area (Å²) in [5, 5.41) is 0. The summed E-state index contributed by atoms with van der Waals surface area (Å²) in [6.45, 7) is 2.24. The first kappa shape index (κ1) is 12.8. The van der Waals surface area contributed by atoms with E-state index in [1.165, 1.54) is 5.56 Å². The molecule has 3 nitrogen and oxygen atoms in total. The van der Waals surface area contributed by atoms with Crippen LogP contribution in [0.3, 0.4) is 0 Å². The van der Waals surface area contributed by atoms with Gasteiger partial charge in [0, 0.05) is 19.6 Å². The molecule has 0 amide bonds. The summed E-state index contributed by atoms with van der Waals surface area (Å²) in [7, 11) is 0. The van der Waals surface area contributed by atoms with Gasteiger partial charge in [0.1, 0.15) is 6.10 Å². The van der Waals surface area contributed by atoms with E-state index in [4.69, 9.17) is 9.47 Å². The van der Waals surface area contributed by atoms with E-state index in [1.54, 1.807) is 0 Å². The van der Waals surface area contributed by atoms with Crippen LogP contribution in [0.5, 0.6) is 0 Å². The van der Waals surface area contributed by atoms with Crippen LogP contribution < -0.4 is 0 Å². The highest BCUT2D eigenvalue weighted by molar-refractivity contribution is 5.85. The van der Waals surface area contributed by atoms with Crippen molar-refractivity contribution in [2.24, 2.45) is 5.92 Å². The Morgan fingerprint density at radius 3 is 2.79 bits per heavy atom. The molecule has 1 atom stereocenters. The lowest BCUT2D eigenvalue weighted by Crippen LogP contribution is -2.26. The number of hydrogen-bond acceptors (Lipinski definition) is 3. The van der Waals surface area contributed by atoms with Gasteiger partial charge in [0.15, 0.2) is 5.78 Å². The number of ether oxygens (including phenoxy) is 2. The van der Waals surface area contributed by atoms with Crippen molar-refractivity contribution in [2.45, 2.75) is 31.8 Å². The molecule has 0 bridgehead atoms. The van der Waals surface area contributed by atoms with Crippen molar-refractivity contribution in [2.75, 3.05) is 19.8 Å². The molecule has 0 aliphatic carbocycles. The minimum atomic E-state index is -0.340. The van der Waals surface area contributed by atoms with E-state index in [-0.39, 0.29) is 11.9 Å². The molecule has 0 N–H and O–H groups in total. The van der Waals surface area contributed by atoms with Gasteiger partial charge in [0.25, 0.3) is 0 Å². The third-order valence-electron chi connectivity index (χ3n) is 4.12. The number of hydrogen-bond donors (Lipinski definition) is 0. The van der Waals surface area contributed by atoms with E-state index in [0.29, 0.717) is 18.9 Å². The van der Waals surface area contributed by atoms with Crippen molar-refractivity contribution in [3.05, 3.63) is 35.4 Å². The Kier molecular flexibility index (Phi) is 3.95. The number of benzene rings is 1. The molecule has 3 heteroatoms. The normalized spacial score (nSPS) is 23.9. The summed E-state index contributed by atoms with van der Waals surface area (Å²) >= 11 is 0. The zero-order valence-corrected chi connectivity index (χ0v) is 11.1. The number of carbonyl (C=O) groups is 1. The molecule has 1 aromatic rings. The van der Waals surface area contributed by atoms with Crippen LogP contribution in [0.4, 0.5) is 0 Å². The predicted octanol–water partition coefficient (Wildman–Crippen LogP) is 2.69. The Hall–Kier alpha value is -1.19. The maximum Gasteiger partial charge on any atom is 0.166 e. The molecular weight excluding hydrogens is 240 g/mol. The first-order valence-corrected chi connectivity index (χ1v) is 7.14. The molecular formula is C16H20O3. The highest BCUT2D eigenvalue weighted by Gasteiger charge is 2.29. The summed E-state index contributed by atoms with van der Waals surface area (Å²) in [4.78, 5) is 12.5. The fourth-order valence-electron chi connectivity index (χ4n) is 3.00. The first-order valence-electron chi connectivity index (χ1n) is 7.14. The van der Waals surface area contributed by atoms with Crippen molar-refractivity contribution in [1.29, 1.82) is 0 Å². The molecule has 1 aromatic carbocycles. The van der Waals surface area contributed by atoms with Gasteiger partial charge in [0.2, 0.25) is 0 Å². The number of rotatable bonds is 3. The van der Waals surface area contributed by atoms with Gasteiger partial charge in [-0.2, -0.15) is 0 Å². The van der Waals surface area contributed by atoms with Crippen LogP contribution in [-0.4, -0.2) is 25.6 Å². The maximum atomic E-state index is 12.5. The lowest BCUT2D eigenvalue weighted by molar-refractivity contribution is -0.133. The van der Waals surface area contributed by atoms with E-state index in [1.807, 2.05) is 18.2 Å². The molecule has 2 aliphatic rings. The highest BCUT2D eigenvalue weighted by atomic mass is 16.5. The molecule has 1 saturated heterocycles. The molecule has 1 unspecified atom stereocenters. The van der Waals surface area contributed by atoms with Gasteiger partial charge in [-0.05, 0) is 36.3 Å². The second kappa shape index (κ2) is 5.85. The lowest BCUT2D eigenvalue weighted by Gasteiger charge is -2.27. The molecule has 2 heterocycles. The fourth-order valence-corrected chi connectivity index (χ4v) is 3.00. The number of Topliss-reactive ketones (excluding diaryl/α,β-unsaturated/α-hetero) is 1. The molecule has 3 rings (SSSR count). The largest absolute Gasteiger partial charge is 0.381 e. The number of ketones is 1. The van der Waals surface area contributed by atoms with Gasteiger partial charge in [-0.15, -0.1) is 0 Å². The van der Waals surface area contributed by atoms with E-state index >= 15 is 0 Å². The third-order valence-corrected chi connectivity index (χ3v) is 4.12. The fraction of sp³-hybridized carbons (Fsp3) is 0.562. The van der Waals surface area contributed by atoms with Gasteiger partial charge in [-0.25, -0.2) is 0 Å². The smallest absolute Gasteiger partial charge is 0.166 e. The van der Waals surface area contributed by atoms with Gasteiger partial charge in [0.05, 0.1) is 6.61 Å². The second-order valence-corrected chi connectivity index (χ2v) is 5.43. The average Bonchev–Trinajstić information content (AvgIpc) is 2.47. The average molecular weight is 260 g/mol. The molecule has 102 valence electrons. The van der Waals surface area contributed by atoms with Crippen molar-refractivity contribution in [3.8, 4) is 0 Å². The second-order valence-electron chi connectivity index (χ2n) is 5.43. The van der Waals surface area contributed by atoms with Gasteiger partial charge >= 0.3 is 0 Å². The predicted molar refractivity (Wildman–Crippen MR) is 72.0 cm³/mol. The standard InChI is InChI=1S/C16H20O3/c17-15(11-12-5-8-18-9-6-12)16-14-4-2-1-3-13(14)7-10-19-16/h1-4,12,16H,5-11H2. The van der Waals surface area contributed by atoms with Crippen LogP contribution in [0.25, 0.3) is 0 Å². The minimum Gasteiger partial charge on any atom is -0.381 e. The molecule has 0 aromatic heterocycles. The molecule has 0 radical (unpaired) electrons. The maximum absolute atomic E-state index is 12.5. The third kappa shape index (κ3) is 2.88. The van der Waals surface area contributed by atoms with Gasteiger partial charge < -0.3 is 9.47 Å². The SMILES string of the molecule is O=C(CC1CCOCC1)C1OCCc2ccccc21. The van der Waals surface area contributed by atoms with Crippen LogP contribution in [0.15, 0.2) is 24.3 Å². The van der Waals surface area contributed by atoms with Crippen molar-refractivity contribution in [1.82, 2.24) is 0 Å².